The van der Waals surface area contributed by atoms with Gasteiger partial charge in [-0.15, -0.1) is 0 Å². The molecule has 220 valence electrons. The predicted octanol–water partition coefficient (Wildman–Crippen LogP) is 3.78. The molecule has 0 aromatic rings. The van der Waals surface area contributed by atoms with Crippen molar-refractivity contribution in [3.8, 4) is 0 Å². The van der Waals surface area contributed by atoms with Gasteiger partial charge in [0.1, 0.15) is 0 Å². The first-order chi connectivity index (χ1) is 17.9. The molecule has 0 saturated carbocycles. The molecular formula is C29H54N4O5. The van der Waals surface area contributed by atoms with Crippen molar-refractivity contribution in [3.63, 3.8) is 0 Å². The Morgan fingerprint density at radius 2 is 1.53 bits per heavy atom. The van der Waals surface area contributed by atoms with E-state index in [2.05, 4.69) is 37.9 Å². The van der Waals surface area contributed by atoms with Gasteiger partial charge in [-0.05, 0) is 65.5 Å². The maximum Gasteiger partial charge on any atom is 0.306 e. The van der Waals surface area contributed by atoms with Crippen molar-refractivity contribution in [2.45, 2.75) is 99.1 Å². The average molecular weight is 539 g/mol. The summed E-state index contributed by atoms with van der Waals surface area (Å²) in [6.07, 6.45) is 8.69. The first-order valence-corrected chi connectivity index (χ1v) is 14.3. The highest BCUT2D eigenvalue weighted by atomic mass is 16.4. The normalized spacial score (nSPS) is 17.5. The number of nitrogens with one attached hydrogen (secondary N) is 1. The lowest BCUT2D eigenvalue weighted by Crippen LogP contribution is -2.44. The van der Waals surface area contributed by atoms with Crippen LogP contribution in [0.15, 0.2) is 11.6 Å². The van der Waals surface area contributed by atoms with E-state index in [1.807, 2.05) is 13.8 Å². The van der Waals surface area contributed by atoms with E-state index in [1.54, 1.807) is 24.9 Å². The van der Waals surface area contributed by atoms with Crippen LogP contribution in [0.25, 0.3) is 0 Å². The standard InChI is InChI=1S/C18H29N3O5.C8H17N.C3H8/c1-12(2)15(20(4)16(23)10-19-11-22)9-13(3)17(24)21-7-5-14(6-8-21)18(25)26;1-8(2)9-6-4-3-5-7-9;1-3-2/h9,11-12,14-15H,5-8,10H2,1-4H3,(H,19,22)(H,25,26);8H,3-7H2,1-2H3;3H2,1-2H3/b13-9+;;/t15-;;/m1../s1. The number of rotatable bonds is 9. The number of carbonyl (C=O) groups is 4. The Morgan fingerprint density at radius 1 is 1.00 bits per heavy atom. The molecule has 2 heterocycles. The molecule has 3 amide bonds. The number of carbonyl (C=O) groups excluding carboxylic acids is 3. The fourth-order valence-corrected chi connectivity index (χ4v) is 4.51. The summed E-state index contributed by atoms with van der Waals surface area (Å²) in [4.78, 5) is 51.9. The quantitative estimate of drug-likeness (QED) is 0.341. The largest absolute Gasteiger partial charge is 0.481 e. The van der Waals surface area contributed by atoms with Gasteiger partial charge < -0.3 is 25.1 Å². The van der Waals surface area contributed by atoms with Gasteiger partial charge in [0.2, 0.25) is 18.2 Å². The summed E-state index contributed by atoms with van der Waals surface area (Å²) in [6, 6.07) is 0.488. The van der Waals surface area contributed by atoms with Gasteiger partial charge in [0, 0.05) is 31.8 Å². The molecule has 0 radical (unpaired) electrons. The maximum absolute atomic E-state index is 12.6. The van der Waals surface area contributed by atoms with Crippen LogP contribution < -0.4 is 5.32 Å². The first-order valence-electron chi connectivity index (χ1n) is 14.3. The number of carboxylic acids is 1. The van der Waals surface area contributed by atoms with E-state index in [-0.39, 0.29) is 36.2 Å². The third-order valence-electron chi connectivity index (χ3n) is 6.87. The minimum absolute atomic E-state index is 0.0840. The Labute approximate surface area is 231 Å². The van der Waals surface area contributed by atoms with Gasteiger partial charge in [0.05, 0.1) is 18.5 Å². The van der Waals surface area contributed by atoms with E-state index in [0.29, 0.717) is 37.9 Å². The molecule has 0 unspecified atom stereocenters. The summed E-state index contributed by atoms with van der Waals surface area (Å²) in [6.45, 7) is 17.8. The smallest absolute Gasteiger partial charge is 0.306 e. The summed E-state index contributed by atoms with van der Waals surface area (Å²) in [7, 11) is 1.64. The van der Waals surface area contributed by atoms with Crippen molar-refractivity contribution in [3.05, 3.63) is 11.6 Å². The summed E-state index contributed by atoms with van der Waals surface area (Å²) < 4.78 is 0. The number of amides is 3. The molecule has 38 heavy (non-hydrogen) atoms. The van der Waals surface area contributed by atoms with Crippen LogP contribution in [-0.4, -0.2) is 95.9 Å². The molecule has 0 spiro atoms. The Kier molecular flexibility index (Phi) is 18.4. The number of carboxylic acid groups (broad SMARTS) is 1. The van der Waals surface area contributed by atoms with Crippen LogP contribution in [0, 0.1) is 11.8 Å². The molecule has 0 aromatic carbocycles. The number of likely N-dealkylation sites (tertiary alicyclic amines) is 2. The van der Waals surface area contributed by atoms with Gasteiger partial charge in [0.15, 0.2) is 0 Å². The van der Waals surface area contributed by atoms with Crippen LogP contribution >= 0.6 is 0 Å². The maximum atomic E-state index is 12.6. The number of likely N-dealkylation sites (N-methyl/N-ethyl adjacent to an activating group) is 1. The Hall–Kier alpha value is -2.42. The summed E-state index contributed by atoms with van der Waals surface area (Å²) >= 11 is 0. The first kappa shape index (κ1) is 35.6. The average Bonchev–Trinajstić information content (AvgIpc) is 2.90. The van der Waals surface area contributed by atoms with E-state index < -0.39 is 5.97 Å². The second-order valence-corrected chi connectivity index (χ2v) is 10.9. The fraction of sp³-hybridized carbons (Fsp3) is 0.793. The molecule has 2 rings (SSSR count). The van der Waals surface area contributed by atoms with Crippen LogP contribution in [0.1, 0.15) is 87.0 Å². The van der Waals surface area contributed by atoms with Crippen molar-refractivity contribution in [1.29, 1.82) is 0 Å². The molecule has 2 fully saturated rings. The Morgan fingerprint density at radius 3 is 1.92 bits per heavy atom. The Balaban J connectivity index is 0.000000938. The van der Waals surface area contributed by atoms with Crippen LogP contribution in [0.4, 0.5) is 0 Å². The van der Waals surface area contributed by atoms with E-state index in [1.165, 1.54) is 43.7 Å². The van der Waals surface area contributed by atoms with Crippen LogP contribution in [0.5, 0.6) is 0 Å². The summed E-state index contributed by atoms with van der Waals surface area (Å²) in [5.74, 6) is -1.49. The molecule has 2 saturated heterocycles. The zero-order chi connectivity index (χ0) is 29.3. The lowest BCUT2D eigenvalue weighted by molar-refractivity contribution is -0.145. The van der Waals surface area contributed by atoms with Gasteiger partial charge in [-0.3, -0.25) is 19.2 Å². The zero-order valence-corrected chi connectivity index (χ0v) is 25.2. The molecule has 2 aliphatic heterocycles. The second kappa shape index (κ2) is 19.6. The van der Waals surface area contributed by atoms with Gasteiger partial charge in [-0.1, -0.05) is 46.6 Å². The molecule has 2 N–H and O–H groups in total. The number of hydrogen-bond acceptors (Lipinski definition) is 5. The third-order valence-corrected chi connectivity index (χ3v) is 6.87. The third kappa shape index (κ3) is 13.4. The topological polar surface area (TPSA) is 110 Å². The summed E-state index contributed by atoms with van der Waals surface area (Å²) in [5.41, 5.74) is 0.528. The van der Waals surface area contributed by atoms with Crippen LogP contribution in [0.2, 0.25) is 0 Å². The van der Waals surface area contributed by atoms with Gasteiger partial charge in [-0.25, -0.2) is 0 Å². The number of nitrogens with zero attached hydrogens (tertiary/aromatic N) is 3. The highest BCUT2D eigenvalue weighted by Gasteiger charge is 2.28. The molecule has 0 aliphatic carbocycles. The van der Waals surface area contributed by atoms with E-state index in [4.69, 9.17) is 5.11 Å². The highest BCUT2D eigenvalue weighted by Crippen LogP contribution is 2.20. The molecule has 2 aliphatic rings. The van der Waals surface area contributed by atoms with Crippen molar-refractivity contribution in [1.82, 2.24) is 20.0 Å². The van der Waals surface area contributed by atoms with Crippen LogP contribution in [-0.2, 0) is 19.2 Å². The second-order valence-electron chi connectivity index (χ2n) is 10.9. The lowest BCUT2D eigenvalue weighted by Gasteiger charge is -2.32. The van der Waals surface area contributed by atoms with E-state index in [0.717, 1.165) is 6.04 Å². The predicted molar refractivity (Wildman–Crippen MR) is 153 cm³/mol. The minimum Gasteiger partial charge on any atom is -0.481 e. The van der Waals surface area contributed by atoms with Gasteiger partial charge in [-0.2, -0.15) is 0 Å². The number of aliphatic carboxylic acids is 1. The Bertz CT molecular complexity index is 739. The zero-order valence-electron chi connectivity index (χ0n) is 25.2. The SMILES string of the molecule is C/C(=C\[C@H](C(C)C)N(C)C(=O)CNC=O)C(=O)N1CCC(C(=O)O)CC1.CC(C)N1CCCCC1.CCC. The van der Waals surface area contributed by atoms with Crippen molar-refractivity contribution in [2.75, 3.05) is 39.8 Å². The van der Waals surface area contributed by atoms with Gasteiger partial charge in [0.25, 0.3) is 0 Å². The van der Waals surface area contributed by atoms with E-state index >= 15 is 0 Å². The summed E-state index contributed by atoms with van der Waals surface area (Å²) in [5, 5.41) is 11.4. The molecule has 0 aromatic heterocycles. The molecule has 9 nitrogen and oxygen atoms in total. The molecule has 9 heteroatoms. The minimum atomic E-state index is -0.812. The van der Waals surface area contributed by atoms with Crippen molar-refractivity contribution < 1.29 is 24.3 Å². The van der Waals surface area contributed by atoms with E-state index in [9.17, 15) is 19.2 Å². The van der Waals surface area contributed by atoms with Crippen LogP contribution in [0.3, 0.4) is 0 Å². The number of hydrogen-bond donors (Lipinski definition) is 2. The highest BCUT2D eigenvalue weighted by molar-refractivity contribution is 5.93. The van der Waals surface area contributed by atoms with Gasteiger partial charge >= 0.3 is 5.97 Å². The fourth-order valence-electron chi connectivity index (χ4n) is 4.51. The lowest BCUT2D eigenvalue weighted by atomic mass is 9.96. The molecular weight excluding hydrogens is 484 g/mol. The monoisotopic (exact) mass is 538 g/mol. The van der Waals surface area contributed by atoms with Crippen molar-refractivity contribution >= 4 is 24.2 Å². The molecule has 0 bridgehead atoms. The molecule has 1 atom stereocenters. The number of piperidine rings is 2. The van der Waals surface area contributed by atoms with Crippen molar-refractivity contribution in [2.24, 2.45) is 11.8 Å².